The van der Waals surface area contributed by atoms with Gasteiger partial charge >= 0.3 is 0 Å². The van der Waals surface area contributed by atoms with Crippen molar-refractivity contribution in [1.29, 1.82) is 0 Å². The van der Waals surface area contributed by atoms with E-state index in [1.807, 2.05) is 6.33 Å². The molecule has 126 valence electrons. The summed E-state index contributed by atoms with van der Waals surface area (Å²) in [6.07, 6.45) is 6.88. The van der Waals surface area contributed by atoms with Crippen molar-refractivity contribution in [3.8, 4) is 0 Å². The summed E-state index contributed by atoms with van der Waals surface area (Å²) in [5.41, 5.74) is 7.41. The number of nitrogens with two attached hydrogens (primary N) is 1. The zero-order valence-electron chi connectivity index (χ0n) is 14.7. The molecule has 1 saturated carbocycles. The fourth-order valence-electron chi connectivity index (χ4n) is 3.01. The first-order valence-electron chi connectivity index (χ1n) is 8.30. The molecule has 2 heterocycles. The summed E-state index contributed by atoms with van der Waals surface area (Å²) in [4.78, 5) is 12.8. The first kappa shape index (κ1) is 16.4. The Bertz CT molecular complexity index is 706. The molecule has 23 heavy (non-hydrogen) atoms. The Morgan fingerprint density at radius 1 is 1.22 bits per heavy atom. The first-order valence-corrected chi connectivity index (χ1v) is 11.2. The van der Waals surface area contributed by atoms with Gasteiger partial charge in [-0.15, -0.1) is 0 Å². The lowest BCUT2D eigenvalue weighted by molar-refractivity contribution is 0.183. The maximum Gasteiger partial charge on any atom is 0.192 e. The minimum Gasteiger partial charge on any atom is -0.414 e. The Kier molecular flexibility index (Phi) is 3.96. The fourth-order valence-corrected chi connectivity index (χ4v) is 4.41. The van der Waals surface area contributed by atoms with Gasteiger partial charge in [-0.1, -0.05) is 20.8 Å². The molecule has 3 rings (SSSR count). The van der Waals surface area contributed by atoms with Crippen molar-refractivity contribution in [2.24, 2.45) is 0 Å². The van der Waals surface area contributed by atoms with E-state index in [4.69, 9.17) is 10.2 Å². The van der Waals surface area contributed by atoms with Crippen LogP contribution >= 0.6 is 0 Å². The minimum atomic E-state index is -1.72. The van der Waals surface area contributed by atoms with Gasteiger partial charge in [0.25, 0.3) is 0 Å². The van der Waals surface area contributed by atoms with E-state index in [1.165, 1.54) is 6.33 Å². The number of hydrogen-bond donors (Lipinski definition) is 1. The molecule has 2 atom stereocenters. The van der Waals surface area contributed by atoms with Crippen LogP contribution in [0.5, 0.6) is 0 Å². The molecule has 2 N–H and O–H groups in total. The second-order valence-electron chi connectivity index (χ2n) is 8.05. The predicted molar refractivity (Wildman–Crippen MR) is 94.7 cm³/mol. The molecule has 2 aromatic heterocycles. The van der Waals surface area contributed by atoms with Crippen molar-refractivity contribution in [2.45, 2.75) is 70.3 Å². The zero-order valence-corrected chi connectivity index (χ0v) is 15.7. The predicted octanol–water partition coefficient (Wildman–Crippen LogP) is 3.52. The third-order valence-electron chi connectivity index (χ3n) is 5.40. The van der Waals surface area contributed by atoms with Gasteiger partial charge in [0.15, 0.2) is 19.8 Å². The molecular formula is C16H27N5OSi. The highest BCUT2D eigenvalue weighted by Gasteiger charge is 2.41. The van der Waals surface area contributed by atoms with Gasteiger partial charge < -0.3 is 14.7 Å². The van der Waals surface area contributed by atoms with Crippen LogP contribution in [-0.4, -0.2) is 33.9 Å². The molecule has 6 nitrogen and oxygen atoms in total. The van der Waals surface area contributed by atoms with Crippen LogP contribution in [0.3, 0.4) is 0 Å². The third-order valence-corrected chi connectivity index (χ3v) is 9.94. The summed E-state index contributed by atoms with van der Waals surface area (Å²) in [6, 6.07) is 0.379. The quantitative estimate of drug-likeness (QED) is 0.869. The van der Waals surface area contributed by atoms with Crippen LogP contribution in [0.2, 0.25) is 18.1 Å². The topological polar surface area (TPSA) is 78.9 Å². The van der Waals surface area contributed by atoms with Gasteiger partial charge in [-0.3, -0.25) is 0 Å². The maximum atomic E-state index is 6.57. The Balaban J connectivity index is 1.76. The van der Waals surface area contributed by atoms with Crippen molar-refractivity contribution in [1.82, 2.24) is 19.5 Å². The number of fused-ring (bicyclic) bond motifs is 1. The number of aromatic nitrogens is 4. The van der Waals surface area contributed by atoms with Crippen LogP contribution in [0.4, 0.5) is 5.82 Å². The van der Waals surface area contributed by atoms with Gasteiger partial charge in [-0.2, -0.15) is 0 Å². The highest BCUT2D eigenvalue weighted by molar-refractivity contribution is 6.74. The van der Waals surface area contributed by atoms with E-state index in [0.717, 1.165) is 24.9 Å². The Hall–Kier alpha value is -1.47. The van der Waals surface area contributed by atoms with E-state index >= 15 is 0 Å². The number of imidazole rings is 1. The molecule has 1 fully saturated rings. The molecule has 0 spiro atoms. The van der Waals surface area contributed by atoms with Gasteiger partial charge in [-0.25, -0.2) is 15.0 Å². The van der Waals surface area contributed by atoms with Crippen LogP contribution < -0.4 is 5.73 Å². The molecular weight excluding hydrogens is 306 g/mol. The Morgan fingerprint density at radius 3 is 2.65 bits per heavy atom. The summed E-state index contributed by atoms with van der Waals surface area (Å²) >= 11 is 0. The smallest absolute Gasteiger partial charge is 0.192 e. The summed E-state index contributed by atoms with van der Waals surface area (Å²) < 4.78 is 8.72. The number of anilines is 1. The highest BCUT2D eigenvalue weighted by Crippen LogP contribution is 2.41. The molecule has 0 aliphatic heterocycles. The molecule has 0 bridgehead atoms. The van der Waals surface area contributed by atoms with E-state index < -0.39 is 8.32 Å². The lowest BCUT2D eigenvalue weighted by Gasteiger charge is -2.38. The zero-order chi connectivity index (χ0) is 16.8. The molecule has 7 heteroatoms. The van der Waals surface area contributed by atoms with Crippen molar-refractivity contribution < 1.29 is 4.43 Å². The summed E-state index contributed by atoms with van der Waals surface area (Å²) in [5.74, 6) is 0.445. The average molecular weight is 334 g/mol. The SMILES string of the molecule is CC(C)(C)[Si](C)(C)O[C@@H]1CC[C@@H](n2cnc3c(N)ncnc32)C1. The van der Waals surface area contributed by atoms with E-state index in [1.54, 1.807) is 0 Å². The first-order chi connectivity index (χ1) is 10.7. The number of nitrogen functional groups attached to an aromatic ring is 1. The molecule has 1 aliphatic carbocycles. The number of rotatable bonds is 3. The van der Waals surface area contributed by atoms with E-state index in [0.29, 0.717) is 23.5 Å². The van der Waals surface area contributed by atoms with Crippen molar-refractivity contribution in [2.75, 3.05) is 5.73 Å². The van der Waals surface area contributed by atoms with Crippen molar-refractivity contribution in [3.63, 3.8) is 0 Å². The summed E-state index contributed by atoms with van der Waals surface area (Å²) in [7, 11) is -1.72. The standard InChI is InChI=1S/C16H27N5OSi/c1-16(2,3)23(4,5)22-12-7-6-11(8-12)21-10-20-13-14(17)18-9-19-15(13)21/h9-12H,6-8H2,1-5H3,(H2,17,18,19)/t11-,12-/m1/s1. The molecule has 0 amide bonds. The van der Waals surface area contributed by atoms with Gasteiger partial charge in [0.1, 0.15) is 11.8 Å². The summed E-state index contributed by atoms with van der Waals surface area (Å²) in [6.45, 7) is 11.5. The Labute approximate surface area is 138 Å². The second-order valence-corrected chi connectivity index (χ2v) is 12.8. The number of nitrogens with zero attached hydrogens (tertiary/aromatic N) is 4. The molecule has 2 aromatic rings. The van der Waals surface area contributed by atoms with Gasteiger partial charge in [0.05, 0.1) is 6.33 Å². The van der Waals surface area contributed by atoms with Crippen molar-refractivity contribution >= 4 is 25.3 Å². The molecule has 1 aliphatic rings. The van der Waals surface area contributed by atoms with Crippen LogP contribution in [0.1, 0.15) is 46.1 Å². The number of hydrogen-bond acceptors (Lipinski definition) is 5. The van der Waals surface area contributed by atoms with Crippen LogP contribution in [0.15, 0.2) is 12.7 Å². The minimum absolute atomic E-state index is 0.245. The molecule has 0 radical (unpaired) electrons. The Morgan fingerprint density at radius 2 is 1.96 bits per heavy atom. The monoisotopic (exact) mass is 333 g/mol. The van der Waals surface area contributed by atoms with E-state index in [9.17, 15) is 0 Å². The van der Waals surface area contributed by atoms with Crippen LogP contribution in [0, 0.1) is 0 Å². The summed E-state index contributed by atoms with van der Waals surface area (Å²) in [5, 5.41) is 0.245. The van der Waals surface area contributed by atoms with Gasteiger partial charge in [0.2, 0.25) is 0 Å². The van der Waals surface area contributed by atoms with Crippen LogP contribution in [0.25, 0.3) is 11.2 Å². The largest absolute Gasteiger partial charge is 0.414 e. The lowest BCUT2D eigenvalue weighted by atomic mass is 10.2. The van der Waals surface area contributed by atoms with E-state index in [2.05, 4.69) is 53.4 Å². The second kappa shape index (κ2) is 5.56. The normalized spacial score (nSPS) is 22.8. The van der Waals surface area contributed by atoms with Crippen molar-refractivity contribution in [3.05, 3.63) is 12.7 Å². The van der Waals surface area contributed by atoms with E-state index in [-0.39, 0.29) is 5.04 Å². The maximum absolute atomic E-state index is 6.57. The van der Waals surface area contributed by atoms with Gasteiger partial charge in [-0.05, 0) is 37.4 Å². The molecule has 0 unspecified atom stereocenters. The fraction of sp³-hybridized carbons (Fsp3) is 0.688. The molecule has 0 aromatic carbocycles. The third kappa shape index (κ3) is 2.99. The molecule has 0 saturated heterocycles. The average Bonchev–Trinajstić information content (AvgIpc) is 3.04. The van der Waals surface area contributed by atoms with Crippen LogP contribution in [-0.2, 0) is 4.43 Å². The highest BCUT2D eigenvalue weighted by atomic mass is 28.4. The van der Waals surface area contributed by atoms with Gasteiger partial charge in [0, 0.05) is 12.1 Å². The lowest BCUT2D eigenvalue weighted by Crippen LogP contribution is -2.43.